The fourth-order valence-corrected chi connectivity index (χ4v) is 2.20. The molecule has 2 N–H and O–H groups in total. The molecule has 0 fully saturated rings. The van der Waals surface area contributed by atoms with Crippen molar-refractivity contribution >= 4 is 33.9 Å². The molecule has 1 aromatic carbocycles. The Kier molecular flexibility index (Phi) is 7.11. The van der Waals surface area contributed by atoms with Crippen molar-refractivity contribution in [2.45, 2.75) is 26.8 Å². The third-order valence-corrected chi connectivity index (χ3v) is 3.41. The smallest absolute Gasteiger partial charge is 0.326 e. The van der Waals surface area contributed by atoms with Gasteiger partial charge in [0.05, 0.1) is 6.61 Å². The second-order valence-corrected chi connectivity index (χ2v) is 5.93. The predicted octanol–water partition coefficient (Wildman–Crippen LogP) is 3.09. The van der Waals surface area contributed by atoms with Gasteiger partial charge in [-0.3, -0.25) is 4.79 Å². The predicted molar refractivity (Wildman–Crippen MR) is 88.7 cm³/mol. The first-order valence-corrected chi connectivity index (χ1v) is 7.78. The van der Waals surface area contributed by atoms with E-state index in [1.807, 2.05) is 19.1 Å². The van der Waals surface area contributed by atoms with E-state index in [0.717, 1.165) is 10.0 Å². The highest BCUT2D eigenvalue weighted by Gasteiger charge is 2.22. The van der Waals surface area contributed by atoms with E-state index in [1.54, 1.807) is 26.0 Å². The first-order chi connectivity index (χ1) is 10.3. The van der Waals surface area contributed by atoms with Crippen LogP contribution in [0, 0.1) is 5.92 Å². The largest absolute Gasteiger partial charge is 0.493 e. The summed E-state index contributed by atoms with van der Waals surface area (Å²) in [5, 5.41) is 11.5. The number of carbonyl (C=O) groups excluding carboxylic acids is 1. The number of amides is 1. The van der Waals surface area contributed by atoms with Crippen LogP contribution >= 0.6 is 15.9 Å². The number of halogens is 1. The summed E-state index contributed by atoms with van der Waals surface area (Å²) in [6.07, 6.45) is 2.91. The van der Waals surface area contributed by atoms with Gasteiger partial charge in [0.15, 0.2) is 0 Å². The zero-order valence-electron chi connectivity index (χ0n) is 12.8. The van der Waals surface area contributed by atoms with E-state index >= 15 is 0 Å². The molecule has 0 bridgehead atoms. The third-order valence-electron chi connectivity index (χ3n) is 2.92. The van der Waals surface area contributed by atoms with Gasteiger partial charge < -0.3 is 15.2 Å². The lowest BCUT2D eigenvalue weighted by molar-refractivity contribution is -0.142. The molecule has 0 spiro atoms. The molecule has 0 saturated carbocycles. The van der Waals surface area contributed by atoms with Crippen molar-refractivity contribution in [3.63, 3.8) is 0 Å². The molecule has 1 amide bonds. The average molecular weight is 370 g/mol. The standard InChI is InChI=1S/C16H20BrNO4/c1-4-22-13-7-6-12(17)9-11(13)5-8-14(19)18-15(10(2)3)16(20)21/h5-10,15H,4H2,1-3H3,(H,18,19)(H,20,21)/b8-5+/t15-/m1/s1. The molecule has 1 aromatic rings. The minimum atomic E-state index is -1.05. The number of carboxylic acids is 1. The summed E-state index contributed by atoms with van der Waals surface area (Å²) in [5.74, 6) is -1.04. The summed E-state index contributed by atoms with van der Waals surface area (Å²) in [6.45, 7) is 5.88. The lowest BCUT2D eigenvalue weighted by Crippen LogP contribution is -2.43. The normalized spacial score (nSPS) is 12.4. The van der Waals surface area contributed by atoms with Crippen LogP contribution in [0.4, 0.5) is 0 Å². The zero-order valence-corrected chi connectivity index (χ0v) is 14.4. The molecule has 0 heterocycles. The van der Waals surface area contributed by atoms with Crippen molar-refractivity contribution in [1.29, 1.82) is 0 Å². The molecule has 120 valence electrons. The summed E-state index contributed by atoms with van der Waals surface area (Å²) in [4.78, 5) is 22.9. The Balaban J connectivity index is 2.85. The van der Waals surface area contributed by atoms with Crippen molar-refractivity contribution < 1.29 is 19.4 Å². The maximum absolute atomic E-state index is 11.9. The quantitative estimate of drug-likeness (QED) is 0.724. The SMILES string of the molecule is CCOc1ccc(Br)cc1/C=C/C(=O)N[C@@H](C(=O)O)C(C)C. The number of nitrogens with one attached hydrogen (secondary N) is 1. The highest BCUT2D eigenvalue weighted by Crippen LogP contribution is 2.24. The van der Waals surface area contributed by atoms with Crippen molar-refractivity contribution in [3.05, 3.63) is 34.3 Å². The summed E-state index contributed by atoms with van der Waals surface area (Å²) in [5.41, 5.74) is 0.739. The number of ether oxygens (including phenoxy) is 1. The molecule has 1 rings (SSSR count). The van der Waals surface area contributed by atoms with Crippen LogP contribution in [0.3, 0.4) is 0 Å². The molecule has 5 nitrogen and oxygen atoms in total. The molecule has 0 radical (unpaired) electrons. The van der Waals surface area contributed by atoms with Gasteiger partial charge in [0.2, 0.25) is 5.91 Å². The molecular weight excluding hydrogens is 350 g/mol. The highest BCUT2D eigenvalue weighted by atomic mass is 79.9. The summed E-state index contributed by atoms with van der Waals surface area (Å²) in [6, 6.07) is 4.57. The number of benzene rings is 1. The number of rotatable bonds is 7. The van der Waals surface area contributed by atoms with Crippen LogP contribution in [0.15, 0.2) is 28.7 Å². The number of carbonyl (C=O) groups is 2. The van der Waals surface area contributed by atoms with Crippen LogP contribution in [0.1, 0.15) is 26.3 Å². The van der Waals surface area contributed by atoms with Crippen LogP contribution in [0.2, 0.25) is 0 Å². The van der Waals surface area contributed by atoms with Gasteiger partial charge in [0, 0.05) is 16.1 Å². The summed E-state index contributed by atoms with van der Waals surface area (Å²) in [7, 11) is 0. The fraction of sp³-hybridized carbons (Fsp3) is 0.375. The van der Waals surface area contributed by atoms with Crippen LogP contribution in [0.5, 0.6) is 5.75 Å². The second kappa shape index (κ2) is 8.58. The Morgan fingerprint density at radius 2 is 2.09 bits per heavy atom. The van der Waals surface area contributed by atoms with Gasteiger partial charge in [-0.25, -0.2) is 4.79 Å². The molecule has 0 aliphatic heterocycles. The van der Waals surface area contributed by atoms with E-state index in [4.69, 9.17) is 9.84 Å². The first-order valence-electron chi connectivity index (χ1n) is 6.98. The van der Waals surface area contributed by atoms with Gasteiger partial charge in [0.25, 0.3) is 0 Å². The van der Waals surface area contributed by atoms with E-state index in [-0.39, 0.29) is 5.92 Å². The van der Waals surface area contributed by atoms with Crippen LogP contribution in [0.25, 0.3) is 6.08 Å². The molecule has 0 unspecified atom stereocenters. The van der Waals surface area contributed by atoms with Crippen molar-refractivity contribution in [1.82, 2.24) is 5.32 Å². The lowest BCUT2D eigenvalue weighted by atomic mass is 10.0. The molecule has 0 aliphatic carbocycles. The van der Waals surface area contributed by atoms with Gasteiger partial charge in [-0.1, -0.05) is 29.8 Å². The number of hydrogen-bond donors (Lipinski definition) is 2. The minimum Gasteiger partial charge on any atom is -0.493 e. The van der Waals surface area contributed by atoms with Crippen LogP contribution in [-0.4, -0.2) is 29.6 Å². The molecule has 0 saturated heterocycles. The maximum atomic E-state index is 11.9. The zero-order chi connectivity index (χ0) is 16.7. The Hall–Kier alpha value is -1.82. The number of aliphatic carboxylic acids is 1. The minimum absolute atomic E-state index is 0.195. The van der Waals surface area contributed by atoms with Gasteiger partial charge in [-0.15, -0.1) is 0 Å². The van der Waals surface area contributed by atoms with Crippen molar-refractivity contribution in [2.24, 2.45) is 5.92 Å². The average Bonchev–Trinajstić information content (AvgIpc) is 2.44. The van der Waals surface area contributed by atoms with E-state index in [2.05, 4.69) is 21.2 Å². The van der Waals surface area contributed by atoms with Gasteiger partial charge in [0.1, 0.15) is 11.8 Å². The Morgan fingerprint density at radius 1 is 1.41 bits per heavy atom. The fourth-order valence-electron chi connectivity index (χ4n) is 1.82. The maximum Gasteiger partial charge on any atom is 0.326 e. The van der Waals surface area contributed by atoms with Gasteiger partial charge in [-0.05, 0) is 37.1 Å². The topological polar surface area (TPSA) is 75.6 Å². The summed E-state index contributed by atoms with van der Waals surface area (Å²) < 4.78 is 6.35. The molecule has 1 atom stereocenters. The molecule has 0 aliphatic rings. The Bertz CT molecular complexity index is 569. The summed E-state index contributed by atoms with van der Waals surface area (Å²) >= 11 is 3.37. The highest BCUT2D eigenvalue weighted by molar-refractivity contribution is 9.10. The lowest BCUT2D eigenvalue weighted by Gasteiger charge is -2.16. The second-order valence-electron chi connectivity index (χ2n) is 5.02. The van der Waals surface area contributed by atoms with E-state index < -0.39 is 17.9 Å². The molecule has 6 heteroatoms. The van der Waals surface area contributed by atoms with E-state index in [1.165, 1.54) is 6.08 Å². The first kappa shape index (κ1) is 18.2. The van der Waals surface area contributed by atoms with E-state index in [9.17, 15) is 9.59 Å². The third kappa shape index (κ3) is 5.52. The number of hydrogen-bond acceptors (Lipinski definition) is 3. The molecule has 22 heavy (non-hydrogen) atoms. The molecule has 0 aromatic heterocycles. The van der Waals surface area contributed by atoms with Crippen LogP contribution < -0.4 is 10.1 Å². The Labute approximate surface area is 138 Å². The van der Waals surface area contributed by atoms with Crippen molar-refractivity contribution in [3.8, 4) is 5.75 Å². The van der Waals surface area contributed by atoms with Gasteiger partial charge in [-0.2, -0.15) is 0 Å². The molecular formula is C16H20BrNO4. The van der Waals surface area contributed by atoms with E-state index in [0.29, 0.717) is 12.4 Å². The van der Waals surface area contributed by atoms with Gasteiger partial charge >= 0.3 is 5.97 Å². The van der Waals surface area contributed by atoms with Crippen LogP contribution in [-0.2, 0) is 9.59 Å². The number of carboxylic acid groups (broad SMARTS) is 1. The monoisotopic (exact) mass is 369 g/mol. The van der Waals surface area contributed by atoms with Crippen molar-refractivity contribution in [2.75, 3.05) is 6.61 Å². The Morgan fingerprint density at radius 3 is 2.64 bits per heavy atom.